The molecule has 270 valence electrons. The first-order chi connectivity index (χ1) is 22.5. The molecule has 4 aliphatic carbocycles. The van der Waals surface area contributed by atoms with Crippen molar-refractivity contribution in [2.45, 2.75) is 130 Å². The van der Waals surface area contributed by atoms with Crippen molar-refractivity contribution in [3.05, 3.63) is 0 Å². The first-order valence-electron chi connectivity index (χ1n) is 18.7. The third kappa shape index (κ3) is 10.1. The standard InChI is InChI=1S/C37H64IN3O6/c1-25(30-11-12-31-29-10-9-27-23-28(43)14-16-36(27,3)32(29)15-17-37(30,31)4)8-13-34(44)39-18-6-5-7-33(41-38)35(45)40-19-20-46-21-22-47-24-26(2)42/h25,27-33,41,43H,5-24H2,1-4H3,(H,39,44)(H,40,45)/t25-,27-,28-,29+,30-,31+,32+,33+,36+,37-/m1/s1. The lowest BCUT2D eigenvalue weighted by Crippen LogP contribution is -2.54. The van der Waals surface area contributed by atoms with Gasteiger partial charge in [-0.3, -0.25) is 14.4 Å². The molecule has 47 heavy (non-hydrogen) atoms. The van der Waals surface area contributed by atoms with Gasteiger partial charge in [0.15, 0.2) is 5.78 Å². The summed E-state index contributed by atoms with van der Waals surface area (Å²) in [4.78, 5) is 36.1. The van der Waals surface area contributed by atoms with Gasteiger partial charge in [-0.1, -0.05) is 20.8 Å². The van der Waals surface area contributed by atoms with Crippen LogP contribution in [0.2, 0.25) is 0 Å². The van der Waals surface area contributed by atoms with Crippen molar-refractivity contribution >= 4 is 40.5 Å². The van der Waals surface area contributed by atoms with Gasteiger partial charge in [0.1, 0.15) is 6.61 Å². The molecule has 0 aromatic rings. The summed E-state index contributed by atoms with van der Waals surface area (Å²) in [5, 5.41) is 16.4. The zero-order chi connectivity index (χ0) is 34.0. The number of carbonyl (C=O) groups is 3. The fourth-order valence-corrected chi connectivity index (χ4v) is 11.2. The molecule has 4 fully saturated rings. The minimum Gasteiger partial charge on any atom is -0.393 e. The third-order valence-electron chi connectivity index (χ3n) is 13.1. The Morgan fingerprint density at radius 1 is 0.872 bits per heavy atom. The Kier molecular flexibility index (Phi) is 15.3. The first-order valence-corrected chi connectivity index (χ1v) is 19.8. The Balaban J connectivity index is 1.09. The average Bonchev–Trinajstić information content (AvgIpc) is 3.40. The molecule has 4 aliphatic rings. The predicted octanol–water partition coefficient (Wildman–Crippen LogP) is 5.76. The lowest BCUT2D eigenvalue weighted by Gasteiger charge is -2.61. The number of amides is 2. The summed E-state index contributed by atoms with van der Waals surface area (Å²) in [6, 6.07) is -0.286. The molecular weight excluding hydrogens is 709 g/mol. The van der Waals surface area contributed by atoms with E-state index in [4.69, 9.17) is 9.47 Å². The second-order valence-corrected chi connectivity index (χ2v) is 16.6. The summed E-state index contributed by atoms with van der Waals surface area (Å²) >= 11 is 2.02. The number of ether oxygens (including phenoxy) is 2. The molecule has 0 saturated heterocycles. The third-order valence-corrected chi connectivity index (χ3v) is 13.9. The quantitative estimate of drug-likeness (QED) is 0.0749. The molecule has 2 amide bonds. The summed E-state index contributed by atoms with van der Waals surface area (Å²) in [6.45, 7) is 11.4. The maximum atomic E-state index is 12.8. The van der Waals surface area contributed by atoms with Crippen LogP contribution in [-0.4, -0.2) is 74.4 Å². The van der Waals surface area contributed by atoms with Crippen LogP contribution in [0.25, 0.3) is 0 Å². The molecule has 4 N–H and O–H groups in total. The Hall–Kier alpha value is -0.820. The molecule has 0 aromatic heterocycles. The van der Waals surface area contributed by atoms with Gasteiger partial charge in [-0.2, -0.15) is 0 Å². The molecule has 0 aliphatic heterocycles. The monoisotopic (exact) mass is 773 g/mol. The second kappa shape index (κ2) is 18.4. The van der Waals surface area contributed by atoms with E-state index in [-0.39, 0.29) is 36.4 Å². The van der Waals surface area contributed by atoms with Crippen molar-refractivity contribution in [1.29, 1.82) is 0 Å². The first kappa shape index (κ1) is 39.0. The van der Waals surface area contributed by atoms with Crippen molar-refractivity contribution in [3.8, 4) is 0 Å². The number of fused-ring (bicyclic) bond motifs is 5. The van der Waals surface area contributed by atoms with Crippen molar-refractivity contribution in [2.75, 3.05) is 39.5 Å². The van der Waals surface area contributed by atoms with Crippen LogP contribution in [-0.2, 0) is 23.9 Å². The van der Waals surface area contributed by atoms with Gasteiger partial charge in [0.25, 0.3) is 0 Å². The van der Waals surface area contributed by atoms with E-state index in [2.05, 4.69) is 34.9 Å². The van der Waals surface area contributed by atoms with Crippen LogP contribution < -0.4 is 14.2 Å². The number of unbranched alkanes of at least 4 members (excludes halogenated alkanes) is 1. The van der Waals surface area contributed by atoms with E-state index in [1.807, 2.05) is 22.9 Å². The normalized spacial score (nSPS) is 34.4. The smallest absolute Gasteiger partial charge is 0.237 e. The van der Waals surface area contributed by atoms with E-state index >= 15 is 0 Å². The molecule has 0 bridgehead atoms. The summed E-state index contributed by atoms with van der Waals surface area (Å²) < 4.78 is 13.6. The Morgan fingerprint density at radius 3 is 2.38 bits per heavy atom. The number of ketones is 1. The highest BCUT2D eigenvalue weighted by Gasteiger charge is 2.60. The molecule has 0 aromatic carbocycles. The molecule has 10 heteroatoms. The lowest BCUT2D eigenvalue weighted by molar-refractivity contribution is -0.129. The highest BCUT2D eigenvalue weighted by molar-refractivity contribution is 14.1. The molecule has 4 rings (SSSR count). The van der Waals surface area contributed by atoms with E-state index in [0.29, 0.717) is 74.3 Å². The van der Waals surface area contributed by atoms with E-state index < -0.39 is 0 Å². The highest BCUT2D eigenvalue weighted by Crippen LogP contribution is 2.68. The zero-order valence-electron chi connectivity index (χ0n) is 29.6. The van der Waals surface area contributed by atoms with E-state index in [9.17, 15) is 19.5 Å². The molecule has 9 nitrogen and oxygen atoms in total. The van der Waals surface area contributed by atoms with E-state index in [0.717, 1.165) is 49.9 Å². The minimum absolute atomic E-state index is 0.0135. The van der Waals surface area contributed by atoms with Gasteiger partial charge in [-0.05, 0) is 137 Å². The van der Waals surface area contributed by atoms with Gasteiger partial charge < -0.3 is 25.2 Å². The average molecular weight is 774 g/mol. The van der Waals surface area contributed by atoms with Gasteiger partial charge in [-0.15, -0.1) is 0 Å². The summed E-state index contributed by atoms with van der Waals surface area (Å²) in [7, 11) is 0. The number of Topliss-reactive ketones (excluding diaryl/α,β-unsaturated/α-hetero) is 1. The number of carbonyl (C=O) groups excluding carboxylic acids is 3. The number of nitrogens with one attached hydrogen (secondary N) is 3. The topological polar surface area (TPSA) is 126 Å². The van der Waals surface area contributed by atoms with Crippen molar-refractivity contribution < 1.29 is 29.0 Å². The van der Waals surface area contributed by atoms with Gasteiger partial charge in [0, 0.05) is 42.4 Å². The van der Waals surface area contributed by atoms with Crippen LogP contribution in [0.3, 0.4) is 0 Å². The van der Waals surface area contributed by atoms with Crippen LogP contribution in [0, 0.1) is 46.3 Å². The minimum atomic E-state index is -0.286. The van der Waals surface area contributed by atoms with Crippen LogP contribution in [0.4, 0.5) is 0 Å². The molecule has 0 spiro atoms. The number of aliphatic hydroxyl groups excluding tert-OH is 1. The number of hydrogen-bond acceptors (Lipinski definition) is 7. The second-order valence-electron chi connectivity index (χ2n) is 16.0. The van der Waals surface area contributed by atoms with Crippen LogP contribution in [0.15, 0.2) is 0 Å². The Morgan fingerprint density at radius 2 is 1.62 bits per heavy atom. The summed E-state index contributed by atoms with van der Waals surface area (Å²) in [6.07, 6.45) is 15.1. The molecular formula is C37H64IN3O6. The summed E-state index contributed by atoms with van der Waals surface area (Å²) in [5.41, 5.74) is 0.832. The number of aliphatic hydroxyl groups is 1. The number of rotatable bonds is 19. The fraction of sp³-hybridized carbons (Fsp3) is 0.919. The number of halogens is 1. The van der Waals surface area contributed by atoms with Crippen molar-refractivity contribution in [3.63, 3.8) is 0 Å². The number of hydrogen-bond donors (Lipinski definition) is 4. The van der Waals surface area contributed by atoms with Gasteiger partial charge in [0.05, 0.1) is 32.0 Å². The van der Waals surface area contributed by atoms with Gasteiger partial charge >= 0.3 is 0 Å². The highest BCUT2D eigenvalue weighted by atomic mass is 127. The van der Waals surface area contributed by atoms with E-state index in [1.165, 1.54) is 51.9 Å². The maximum Gasteiger partial charge on any atom is 0.237 e. The molecule has 4 saturated carbocycles. The summed E-state index contributed by atoms with van der Waals surface area (Å²) in [5.74, 6) is 4.58. The van der Waals surface area contributed by atoms with Gasteiger partial charge in [0.2, 0.25) is 11.8 Å². The van der Waals surface area contributed by atoms with Crippen LogP contribution in [0.5, 0.6) is 0 Å². The van der Waals surface area contributed by atoms with E-state index in [1.54, 1.807) is 0 Å². The van der Waals surface area contributed by atoms with Crippen LogP contribution in [0.1, 0.15) is 118 Å². The largest absolute Gasteiger partial charge is 0.393 e. The lowest BCUT2D eigenvalue weighted by atomic mass is 9.44. The fourth-order valence-electron chi connectivity index (χ4n) is 10.6. The van der Waals surface area contributed by atoms with Gasteiger partial charge in [-0.25, -0.2) is 3.53 Å². The maximum absolute atomic E-state index is 12.8. The molecule has 0 radical (unpaired) electrons. The molecule has 10 atom stereocenters. The predicted molar refractivity (Wildman–Crippen MR) is 193 cm³/mol. The molecule has 0 heterocycles. The Labute approximate surface area is 298 Å². The Bertz CT molecular complexity index is 1030. The SMILES string of the molecule is CC(=O)COCCOCCNC(=O)[C@H](CCCCNC(=O)CC[C@@H](C)[C@H]1CC[C@H]2[C@@H]3CC[C@@H]4C[C@H](O)CC[C@]4(C)[C@H]3CC[C@]12C)NI. The van der Waals surface area contributed by atoms with Crippen molar-refractivity contribution in [1.82, 2.24) is 14.2 Å². The van der Waals surface area contributed by atoms with Crippen molar-refractivity contribution in [2.24, 2.45) is 46.3 Å². The zero-order valence-corrected chi connectivity index (χ0v) is 31.8. The van der Waals surface area contributed by atoms with Crippen LogP contribution >= 0.6 is 22.9 Å². The molecule has 0 unspecified atom stereocenters.